The number of rotatable bonds is 6. The van der Waals surface area contributed by atoms with E-state index in [4.69, 9.17) is 4.42 Å². The van der Waals surface area contributed by atoms with Crippen LogP contribution in [0, 0.1) is 0 Å². The highest BCUT2D eigenvalue weighted by Crippen LogP contribution is 2.40. The van der Waals surface area contributed by atoms with Crippen LogP contribution in [0.25, 0.3) is 11.0 Å². The number of nitrogens with zero attached hydrogens (tertiary/aromatic N) is 5. The summed E-state index contributed by atoms with van der Waals surface area (Å²) in [5, 5.41) is 4.63. The summed E-state index contributed by atoms with van der Waals surface area (Å²) in [6.07, 6.45) is 4.06. The summed E-state index contributed by atoms with van der Waals surface area (Å²) in [5.41, 5.74) is 4.27. The quantitative estimate of drug-likeness (QED) is 0.499. The lowest BCUT2D eigenvalue weighted by Crippen LogP contribution is -2.30. The molecule has 7 nitrogen and oxygen atoms in total. The van der Waals surface area contributed by atoms with Crippen LogP contribution in [0.15, 0.2) is 47.1 Å². The minimum atomic E-state index is -0.0788. The number of aromatic nitrogens is 4. The van der Waals surface area contributed by atoms with Gasteiger partial charge < -0.3 is 9.32 Å². The van der Waals surface area contributed by atoms with Gasteiger partial charge in [-0.1, -0.05) is 0 Å². The van der Waals surface area contributed by atoms with E-state index in [-0.39, 0.29) is 5.91 Å². The van der Waals surface area contributed by atoms with Gasteiger partial charge in [-0.05, 0) is 49.2 Å². The first kappa shape index (κ1) is 17.1. The summed E-state index contributed by atoms with van der Waals surface area (Å²) in [6.45, 7) is 0.808. The molecule has 142 valence electrons. The molecule has 3 heterocycles. The van der Waals surface area contributed by atoms with E-state index in [1.165, 1.54) is 18.5 Å². The molecule has 1 aliphatic rings. The van der Waals surface area contributed by atoms with Crippen molar-refractivity contribution in [3.05, 3.63) is 65.4 Å². The molecule has 4 aromatic rings. The van der Waals surface area contributed by atoms with Crippen molar-refractivity contribution in [2.75, 3.05) is 0 Å². The summed E-state index contributed by atoms with van der Waals surface area (Å²) in [5.74, 6) is 1.27. The van der Waals surface area contributed by atoms with Crippen molar-refractivity contribution >= 4 is 28.7 Å². The van der Waals surface area contributed by atoms with Gasteiger partial charge in [-0.15, -0.1) is 0 Å². The highest BCUT2D eigenvalue weighted by molar-refractivity contribution is 7.00. The Labute approximate surface area is 165 Å². The molecule has 0 unspecified atom stereocenters. The number of fused-ring (bicyclic) bond motifs is 1. The van der Waals surface area contributed by atoms with Crippen LogP contribution in [-0.4, -0.2) is 29.3 Å². The van der Waals surface area contributed by atoms with Gasteiger partial charge in [-0.25, -0.2) is 0 Å². The fraction of sp³-hybridized carbons (Fsp3) is 0.300. The van der Waals surface area contributed by atoms with E-state index in [1.807, 2.05) is 29.9 Å². The first-order chi connectivity index (χ1) is 13.7. The highest BCUT2D eigenvalue weighted by atomic mass is 32.1. The Balaban J connectivity index is 1.44. The van der Waals surface area contributed by atoms with Gasteiger partial charge in [-0.3, -0.25) is 9.48 Å². The molecule has 1 fully saturated rings. The summed E-state index contributed by atoms with van der Waals surface area (Å²) in [4.78, 5) is 15.0. The van der Waals surface area contributed by atoms with Gasteiger partial charge in [0.15, 0.2) is 0 Å². The Morgan fingerprint density at radius 1 is 1.21 bits per heavy atom. The predicted molar refractivity (Wildman–Crippen MR) is 105 cm³/mol. The molecule has 0 bridgehead atoms. The second-order valence-corrected chi connectivity index (χ2v) is 7.70. The van der Waals surface area contributed by atoms with Crippen molar-refractivity contribution in [2.45, 2.75) is 31.8 Å². The molecule has 0 spiro atoms. The number of carbonyl (C=O) groups excluding carboxylic acids is 1. The Hall–Kier alpha value is -3.00. The van der Waals surface area contributed by atoms with Crippen LogP contribution in [0.5, 0.6) is 0 Å². The number of benzene rings is 1. The maximum Gasteiger partial charge on any atom is 0.254 e. The molecule has 1 amide bonds. The lowest BCUT2D eigenvalue weighted by atomic mass is 10.1. The van der Waals surface area contributed by atoms with Crippen molar-refractivity contribution < 1.29 is 9.21 Å². The lowest BCUT2D eigenvalue weighted by Gasteiger charge is -2.21. The Kier molecular flexibility index (Phi) is 4.20. The Bertz CT molecular complexity index is 1130. The van der Waals surface area contributed by atoms with Crippen LogP contribution in [-0.2, 0) is 20.1 Å². The fourth-order valence-corrected chi connectivity index (χ4v) is 3.98. The molecule has 0 radical (unpaired) electrons. The SMILES string of the molecule is Cn1nc(CN(Cc2ccco2)C(=O)c2ccc3nsnc3c2)cc1C1CC1. The second-order valence-electron chi connectivity index (χ2n) is 7.17. The average molecular weight is 393 g/mol. The van der Waals surface area contributed by atoms with Gasteiger partial charge in [-0.2, -0.15) is 13.8 Å². The van der Waals surface area contributed by atoms with Crippen molar-refractivity contribution in [1.82, 2.24) is 23.4 Å². The maximum atomic E-state index is 13.3. The van der Waals surface area contributed by atoms with E-state index in [2.05, 4.69) is 19.9 Å². The zero-order valence-corrected chi connectivity index (χ0v) is 16.2. The van der Waals surface area contributed by atoms with Crippen LogP contribution in [0.2, 0.25) is 0 Å². The van der Waals surface area contributed by atoms with Gasteiger partial charge in [0.2, 0.25) is 0 Å². The van der Waals surface area contributed by atoms with E-state index in [0.29, 0.717) is 24.6 Å². The molecule has 0 saturated heterocycles. The zero-order valence-electron chi connectivity index (χ0n) is 15.4. The maximum absolute atomic E-state index is 13.3. The average Bonchev–Trinajstić information content (AvgIpc) is 3.08. The number of hydrogen-bond acceptors (Lipinski definition) is 6. The van der Waals surface area contributed by atoms with Crippen LogP contribution in [0.3, 0.4) is 0 Å². The number of furan rings is 1. The van der Waals surface area contributed by atoms with E-state index < -0.39 is 0 Å². The molecule has 1 aromatic carbocycles. The van der Waals surface area contributed by atoms with Crippen molar-refractivity contribution in [3.8, 4) is 0 Å². The molecular weight excluding hydrogens is 374 g/mol. The van der Waals surface area contributed by atoms with Crippen molar-refractivity contribution in [1.29, 1.82) is 0 Å². The molecule has 3 aromatic heterocycles. The summed E-state index contributed by atoms with van der Waals surface area (Å²) in [6, 6.07) is 11.3. The van der Waals surface area contributed by atoms with E-state index in [1.54, 1.807) is 23.3 Å². The third-order valence-corrected chi connectivity index (χ3v) is 5.59. The third-order valence-electron chi connectivity index (χ3n) is 5.03. The topological polar surface area (TPSA) is 77.0 Å². The molecule has 1 saturated carbocycles. The van der Waals surface area contributed by atoms with Crippen molar-refractivity contribution in [2.24, 2.45) is 7.05 Å². The summed E-state index contributed by atoms with van der Waals surface area (Å²) >= 11 is 1.15. The van der Waals surface area contributed by atoms with Gasteiger partial charge in [0.1, 0.15) is 16.8 Å². The van der Waals surface area contributed by atoms with Gasteiger partial charge in [0.25, 0.3) is 5.91 Å². The van der Waals surface area contributed by atoms with Crippen LogP contribution in [0.4, 0.5) is 0 Å². The highest BCUT2D eigenvalue weighted by Gasteiger charge is 2.28. The first-order valence-corrected chi connectivity index (χ1v) is 9.97. The van der Waals surface area contributed by atoms with Crippen molar-refractivity contribution in [3.63, 3.8) is 0 Å². The third kappa shape index (κ3) is 3.31. The fourth-order valence-electron chi connectivity index (χ4n) is 3.47. The number of aryl methyl sites for hydroxylation is 1. The zero-order chi connectivity index (χ0) is 19.1. The van der Waals surface area contributed by atoms with E-state index >= 15 is 0 Å². The van der Waals surface area contributed by atoms with Crippen LogP contribution >= 0.6 is 11.7 Å². The van der Waals surface area contributed by atoms with Crippen LogP contribution < -0.4 is 0 Å². The second kappa shape index (κ2) is 6.87. The molecule has 8 heteroatoms. The largest absolute Gasteiger partial charge is 0.467 e. The number of hydrogen-bond donors (Lipinski definition) is 0. The van der Waals surface area contributed by atoms with E-state index in [0.717, 1.165) is 34.2 Å². The normalized spacial score (nSPS) is 13.9. The molecular formula is C20H19N5O2S. The smallest absolute Gasteiger partial charge is 0.254 e. The summed E-state index contributed by atoms with van der Waals surface area (Å²) < 4.78 is 15.9. The minimum Gasteiger partial charge on any atom is -0.467 e. The van der Waals surface area contributed by atoms with Gasteiger partial charge in [0.05, 0.1) is 36.8 Å². The number of amides is 1. The van der Waals surface area contributed by atoms with Gasteiger partial charge in [0, 0.05) is 24.2 Å². The molecule has 5 rings (SSSR count). The first-order valence-electron chi connectivity index (χ1n) is 9.24. The molecule has 0 N–H and O–H groups in total. The number of carbonyl (C=O) groups is 1. The lowest BCUT2D eigenvalue weighted by molar-refractivity contribution is 0.0715. The van der Waals surface area contributed by atoms with E-state index in [9.17, 15) is 4.79 Å². The summed E-state index contributed by atoms with van der Waals surface area (Å²) in [7, 11) is 1.97. The molecule has 0 aliphatic heterocycles. The van der Waals surface area contributed by atoms with Gasteiger partial charge >= 0.3 is 0 Å². The Morgan fingerprint density at radius 3 is 2.86 bits per heavy atom. The molecule has 1 aliphatic carbocycles. The predicted octanol–water partition coefficient (Wildman–Crippen LogP) is 3.74. The monoisotopic (exact) mass is 393 g/mol. The standard InChI is InChI=1S/C20H19N5O2S/c1-24-19(13-4-5-13)10-15(21-24)11-25(12-16-3-2-8-27-16)20(26)14-6-7-17-18(9-14)23-28-22-17/h2-3,6-10,13H,4-5,11-12H2,1H3. The van der Waals surface area contributed by atoms with Crippen LogP contribution in [0.1, 0.15) is 46.3 Å². The minimum absolute atomic E-state index is 0.0788. The Morgan fingerprint density at radius 2 is 2.07 bits per heavy atom. The molecule has 28 heavy (non-hydrogen) atoms. The molecule has 0 atom stereocenters.